The average Bonchev–Trinajstić information content (AvgIpc) is 3.04. The van der Waals surface area contributed by atoms with Crippen molar-refractivity contribution in [3.05, 3.63) is 105 Å². The summed E-state index contributed by atoms with van der Waals surface area (Å²) in [7, 11) is 0. The van der Waals surface area contributed by atoms with Crippen LogP contribution in [0.2, 0.25) is 5.02 Å². The summed E-state index contributed by atoms with van der Waals surface area (Å²) >= 11 is 6.36. The molecular formula is C31H33ClN2O. The summed E-state index contributed by atoms with van der Waals surface area (Å²) in [6.07, 6.45) is 8.12. The van der Waals surface area contributed by atoms with E-state index in [2.05, 4.69) is 53.4 Å². The summed E-state index contributed by atoms with van der Waals surface area (Å²) in [6, 6.07) is 19.2. The zero-order chi connectivity index (χ0) is 24.4. The second-order valence-corrected chi connectivity index (χ2v) is 10.9. The molecule has 4 heteroatoms. The number of carbonyl (C=O) groups is 1. The number of benzene rings is 2. The smallest absolute Gasteiger partial charge is 0.129 e. The Labute approximate surface area is 213 Å². The zero-order valence-electron chi connectivity index (χ0n) is 20.7. The topological polar surface area (TPSA) is 33.2 Å². The van der Waals surface area contributed by atoms with Gasteiger partial charge in [-0.05, 0) is 92.0 Å². The molecule has 5 rings (SSSR count). The van der Waals surface area contributed by atoms with Crippen LogP contribution in [0.5, 0.6) is 0 Å². The summed E-state index contributed by atoms with van der Waals surface area (Å²) in [5, 5.41) is 0.810. The van der Waals surface area contributed by atoms with Crippen molar-refractivity contribution >= 4 is 23.5 Å². The lowest BCUT2D eigenvalue weighted by atomic mass is 9.86. The van der Waals surface area contributed by atoms with Crippen LogP contribution in [0.1, 0.15) is 60.2 Å². The number of aromatic nitrogens is 1. The van der Waals surface area contributed by atoms with Crippen molar-refractivity contribution in [2.45, 2.75) is 51.4 Å². The van der Waals surface area contributed by atoms with E-state index in [1.165, 1.54) is 33.4 Å². The predicted octanol–water partition coefficient (Wildman–Crippen LogP) is 6.45. The number of fused-ring (bicyclic) bond motifs is 2. The first kappa shape index (κ1) is 24.0. The van der Waals surface area contributed by atoms with Crippen molar-refractivity contribution in [3.63, 3.8) is 0 Å². The molecule has 0 saturated carbocycles. The Morgan fingerprint density at radius 3 is 2.46 bits per heavy atom. The lowest BCUT2D eigenvalue weighted by Crippen LogP contribution is -2.33. The highest BCUT2D eigenvalue weighted by molar-refractivity contribution is 6.30. The van der Waals surface area contributed by atoms with E-state index in [4.69, 9.17) is 16.6 Å². The van der Waals surface area contributed by atoms with Crippen molar-refractivity contribution in [2.75, 3.05) is 19.6 Å². The molecule has 0 bridgehead atoms. The fraction of sp³-hybridized carbons (Fsp3) is 0.355. The number of nitrogens with zero attached hydrogens (tertiary/aromatic N) is 2. The van der Waals surface area contributed by atoms with Crippen LogP contribution in [-0.4, -0.2) is 35.8 Å². The van der Waals surface area contributed by atoms with Crippen LogP contribution >= 0.6 is 11.6 Å². The highest BCUT2D eigenvalue weighted by Gasteiger charge is 2.25. The molecule has 0 spiro atoms. The van der Waals surface area contributed by atoms with Gasteiger partial charge in [0.25, 0.3) is 0 Å². The number of pyridine rings is 1. The van der Waals surface area contributed by atoms with Crippen molar-refractivity contribution in [1.82, 2.24) is 9.88 Å². The van der Waals surface area contributed by atoms with Gasteiger partial charge in [-0.2, -0.15) is 0 Å². The van der Waals surface area contributed by atoms with E-state index in [-0.39, 0.29) is 0 Å². The molecule has 3 nitrogen and oxygen atoms in total. The molecule has 0 atom stereocenters. The lowest BCUT2D eigenvalue weighted by molar-refractivity contribution is -0.111. The molecule has 2 aromatic carbocycles. The number of rotatable bonds is 5. The Balaban J connectivity index is 1.31. The second kappa shape index (κ2) is 10.1. The van der Waals surface area contributed by atoms with Gasteiger partial charge in [0.05, 0.1) is 5.69 Å². The van der Waals surface area contributed by atoms with E-state index in [9.17, 15) is 4.79 Å². The molecule has 1 aliphatic carbocycles. The summed E-state index contributed by atoms with van der Waals surface area (Å²) in [5.74, 6) is 0. The quantitative estimate of drug-likeness (QED) is 0.390. The molecule has 0 N–H and O–H groups in total. The standard InChI is InChI=1S/C31H33ClN2O/c1-31(2,21-35)26-9-5-22(6-10-26)13-17-34-18-14-23(15-19-34)29-28-12-11-27(32)20-25(28)8-7-24-4-3-16-33-30(24)29/h3-6,9-12,16,20-21H,7-8,13-15,17-19H2,1-2H3. The van der Waals surface area contributed by atoms with Gasteiger partial charge in [-0.1, -0.05) is 53.6 Å². The van der Waals surface area contributed by atoms with Gasteiger partial charge in [0.15, 0.2) is 0 Å². The first-order valence-corrected chi connectivity index (χ1v) is 13.1. The van der Waals surface area contributed by atoms with Gasteiger partial charge in [-0.25, -0.2) is 0 Å². The van der Waals surface area contributed by atoms with Crippen LogP contribution in [0, 0.1) is 0 Å². The van der Waals surface area contributed by atoms with E-state index >= 15 is 0 Å². The molecule has 0 radical (unpaired) electrons. The third kappa shape index (κ3) is 5.12. The molecule has 1 saturated heterocycles. The number of hydrogen-bond donors (Lipinski definition) is 0. The van der Waals surface area contributed by atoms with Crippen LogP contribution in [0.15, 0.2) is 66.4 Å². The monoisotopic (exact) mass is 484 g/mol. The normalized spacial score (nSPS) is 16.4. The molecule has 1 aromatic heterocycles. The van der Waals surface area contributed by atoms with Gasteiger partial charge in [-0.15, -0.1) is 0 Å². The van der Waals surface area contributed by atoms with Gasteiger partial charge < -0.3 is 9.69 Å². The highest BCUT2D eigenvalue weighted by Crippen LogP contribution is 2.38. The number of hydrogen-bond acceptors (Lipinski definition) is 3. The summed E-state index contributed by atoms with van der Waals surface area (Å²) in [5.41, 5.74) is 9.99. The molecule has 3 aromatic rings. The fourth-order valence-electron chi connectivity index (χ4n) is 5.39. The highest BCUT2D eigenvalue weighted by atomic mass is 35.5. The Kier molecular flexibility index (Phi) is 6.91. The fourth-order valence-corrected chi connectivity index (χ4v) is 5.58. The molecule has 2 aliphatic rings. The Morgan fingerprint density at radius 2 is 1.71 bits per heavy atom. The van der Waals surface area contributed by atoms with E-state index in [1.807, 2.05) is 26.1 Å². The maximum Gasteiger partial charge on any atom is 0.129 e. The van der Waals surface area contributed by atoms with Crippen LogP contribution < -0.4 is 0 Å². The van der Waals surface area contributed by atoms with Crippen molar-refractivity contribution in [1.29, 1.82) is 0 Å². The minimum absolute atomic E-state index is 0.426. The molecule has 180 valence electrons. The molecule has 1 fully saturated rings. The van der Waals surface area contributed by atoms with Crippen molar-refractivity contribution in [3.8, 4) is 0 Å². The second-order valence-electron chi connectivity index (χ2n) is 10.4. The van der Waals surface area contributed by atoms with Crippen LogP contribution in [-0.2, 0) is 29.5 Å². The SMILES string of the molecule is CC(C)(C=O)c1ccc(CCN2CCC(=C3c4ccc(Cl)cc4CCc4cccnc43)CC2)cc1. The molecular weight excluding hydrogens is 452 g/mol. The van der Waals surface area contributed by atoms with E-state index < -0.39 is 5.41 Å². The Bertz CT molecular complexity index is 1250. The number of likely N-dealkylation sites (tertiary alicyclic amines) is 1. The third-order valence-corrected chi connectivity index (χ3v) is 7.89. The van der Waals surface area contributed by atoms with Crippen molar-refractivity contribution in [2.24, 2.45) is 0 Å². The molecule has 35 heavy (non-hydrogen) atoms. The predicted molar refractivity (Wildman–Crippen MR) is 144 cm³/mol. The number of aldehydes is 1. The lowest BCUT2D eigenvalue weighted by Gasteiger charge is -2.30. The van der Waals surface area contributed by atoms with E-state index in [1.54, 1.807) is 0 Å². The number of aryl methyl sites for hydroxylation is 2. The van der Waals surface area contributed by atoms with Crippen LogP contribution in [0.4, 0.5) is 0 Å². The van der Waals surface area contributed by atoms with Gasteiger partial charge in [0.1, 0.15) is 6.29 Å². The summed E-state index contributed by atoms with van der Waals surface area (Å²) in [6.45, 7) is 7.12. The average molecular weight is 485 g/mol. The largest absolute Gasteiger partial charge is 0.302 e. The first-order valence-electron chi connectivity index (χ1n) is 12.7. The number of piperidine rings is 1. The van der Waals surface area contributed by atoms with Gasteiger partial charge in [0, 0.05) is 41.8 Å². The Hall–Kier alpha value is -2.75. The molecule has 1 aliphatic heterocycles. The van der Waals surface area contributed by atoms with Crippen molar-refractivity contribution < 1.29 is 4.79 Å². The van der Waals surface area contributed by atoms with Crippen LogP contribution in [0.25, 0.3) is 5.57 Å². The first-order chi connectivity index (χ1) is 16.9. The maximum absolute atomic E-state index is 11.3. The number of halogens is 1. The molecule has 0 unspecified atom stereocenters. The van der Waals surface area contributed by atoms with Gasteiger partial charge in [-0.3, -0.25) is 4.98 Å². The minimum Gasteiger partial charge on any atom is -0.302 e. The number of carbonyl (C=O) groups excluding carboxylic acids is 1. The third-order valence-electron chi connectivity index (χ3n) is 7.65. The summed E-state index contributed by atoms with van der Waals surface area (Å²) in [4.78, 5) is 18.8. The van der Waals surface area contributed by atoms with E-state index in [0.29, 0.717) is 0 Å². The maximum atomic E-state index is 11.3. The van der Waals surface area contributed by atoms with Crippen LogP contribution in [0.3, 0.4) is 0 Å². The molecule has 0 amide bonds. The summed E-state index contributed by atoms with van der Waals surface area (Å²) < 4.78 is 0. The Morgan fingerprint density at radius 1 is 0.971 bits per heavy atom. The van der Waals surface area contributed by atoms with Gasteiger partial charge >= 0.3 is 0 Å². The minimum atomic E-state index is -0.426. The zero-order valence-corrected chi connectivity index (χ0v) is 21.4. The van der Waals surface area contributed by atoms with E-state index in [0.717, 1.165) is 74.3 Å². The van der Waals surface area contributed by atoms with Gasteiger partial charge in [0.2, 0.25) is 0 Å². The molecule has 2 heterocycles.